The quantitative estimate of drug-likeness (QED) is 0.692. The van der Waals surface area contributed by atoms with Crippen LogP contribution in [-0.2, 0) is 14.1 Å². The van der Waals surface area contributed by atoms with E-state index in [1.54, 1.807) is 13.1 Å². The number of hydrogen-bond donors (Lipinski definition) is 0. The fourth-order valence-corrected chi connectivity index (χ4v) is 2.78. The Kier molecular flexibility index (Phi) is 2.63. The lowest BCUT2D eigenvalue weighted by Gasteiger charge is -2.03. The van der Waals surface area contributed by atoms with Gasteiger partial charge in [-0.05, 0) is 41.1 Å². The molecule has 0 aliphatic carbocycles. The van der Waals surface area contributed by atoms with Gasteiger partial charge in [-0.2, -0.15) is 5.10 Å². The Hall–Kier alpha value is -1.82. The van der Waals surface area contributed by atoms with E-state index in [-0.39, 0.29) is 5.76 Å². The minimum Gasteiger partial charge on any atom is -0.408 e. The van der Waals surface area contributed by atoms with Gasteiger partial charge in [-0.1, -0.05) is 0 Å². The fraction of sp³-hybridized carbons (Fsp3) is 0.231. The van der Waals surface area contributed by atoms with Gasteiger partial charge in [-0.3, -0.25) is 9.25 Å². The molecular formula is C13H12BrN3O2. The van der Waals surface area contributed by atoms with Crippen molar-refractivity contribution >= 4 is 27.0 Å². The molecule has 3 rings (SSSR count). The van der Waals surface area contributed by atoms with E-state index in [0.717, 1.165) is 26.9 Å². The van der Waals surface area contributed by atoms with Crippen LogP contribution in [-0.4, -0.2) is 14.3 Å². The Labute approximate surface area is 117 Å². The third kappa shape index (κ3) is 1.74. The minimum atomic E-state index is -0.354. The summed E-state index contributed by atoms with van der Waals surface area (Å²) >= 11 is 3.55. The zero-order chi connectivity index (χ0) is 13.7. The molecule has 0 N–H and O–H groups in total. The van der Waals surface area contributed by atoms with Gasteiger partial charge in [0, 0.05) is 19.7 Å². The van der Waals surface area contributed by atoms with Crippen LogP contribution >= 0.6 is 15.9 Å². The number of aromatic nitrogens is 3. The number of benzene rings is 1. The largest absolute Gasteiger partial charge is 0.419 e. The second-order valence-electron chi connectivity index (χ2n) is 4.48. The Morgan fingerprint density at radius 1 is 1.32 bits per heavy atom. The van der Waals surface area contributed by atoms with Crippen LogP contribution in [0, 0.1) is 6.92 Å². The van der Waals surface area contributed by atoms with E-state index in [0.29, 0.717) is 5.58 Å². The molecule has 98 valence electrons. The lowest BCUT2D eigenvalue weighted by Crippen LogP contribution is -2.08. The summed E-state index contributed by atoms with van der Waals surface area (Å²) in [6.07, 6.45) is 0. The van der Waals surface area contributed by atoms with Crippen molar-refractivity contribution in [2.45, 2.75) is 6.92 Å². The predicted molar refractivity (Wildman–Crippen MR) is 76.1 cm³/mol. The number of aryl methyl sites for hydroxylation is 3. The van der Waals surface area contributed by atoms with Gasteiger partial charge >= 0.3 is 5.76 Å². The van der Waals surface area contributed by atoms with Crippen LogP contribution in [0.4, 0.5) is 0 Å². The molecule has 0 saturated carbocycles. The molecule has 0 atom stereocenters. The van der Waals surface area contributed by atoms with Crippen molar-refractivity contribution < 1.29 is 4.42 Å². The van der Waals surface area contributed by atoms with E-state index in [1.165, 1.54) is 4.57 Å². The smallest absolute Gasteiger partial charge is 0.408 e. The van der Waals surface area contributed by atoms with Gasteiger partial charge in [-0.15, -0.1) is 0 Å². The SMILES string of the molecule is Cc1nn(C)c(-c2ccc3oc(=O)n(C)c3c2)c1Br. The summed E-state index contributed by atoms with van der Waals surface area (Å²) in [5, 5.41) is 4.37. The number of fused-ring (bicyclic) bond motifs is 1. The van der Waals surface area contributed by atoms with Crippen LogP contribution in [0.15, 0.2) is 31.9 Å². The second kappa shape index (κ2) is 4.09. The van der Waals surface area contributed by atoms with Crippen LogP contribution in [0.2, 0.25) is 0 Å². The lowest BCUT2D eigenvalue weighted by molar-refractivity contribution is 0.528. The molecule has 0 spiro atoms. The summed E-state index contributed by atoms with van der Waals surface area (Å²) in [5.41, 5.74) is 4.25. The van der Waals surface area contributed by atoms with E-state index in [1.807, 2.05) is 30.8 Å². The van der Waals surface area contributed by atoms with Crippen molar-refractivity contribution in [2.75, 3.05) is 0 Å². The molecule has 0 aliphatic heterocycles. The molecule has 0 radical (unpaired) electrons. The maximum absolute atomic E-state index is 11.5. The summed E-state index contributed by atoms with van der Waals surface area (Å²) in [6, 6.07) is 5.66. The van der Waals surface area contributed by atoms with Gasteiger partial charge in [-0.25, -0.2) is 4.79 Å². The first-order valence-electron chi connectivity index (χ1n) is 5.78. The van der Waals surface area contributed by atoms with E-state index in [2.05, 4.69) is 21.0 Å². The first-order valence-corrected chi connectivity index (χ1v) is 6.57. The summed E-state index contributed by atoms with van der Waals surface area (Å²) < 4.78 is 9.40. The molecule has 0 saturated heterocycles. The molecular weight excluding hydrogens is 310 g/mol. The molecule has 6 heteroatoms. The van der Waals surface area contributed by atoms with Crippen molar-refractivity contribution in [2.24, 2.45) is 14.1 Å². The third-order valence-corrected chi connectivity index (χ3v) is 4.16. The highest BCUT2D eigenvalue weighted by molar-refractivity contribution is 9.10. The number of nitrogens with zero attached hydrogens (tertiary/aromatic N) is 3. The minimum absolute atomic E-state index is 0.354. The first kappa shape index (κ1) is 12.2. The van der Waals surface area contributed by atoms with Crippen LogP contribution in [0.5, 0.6) is 0 Å². The van der Waals surface area contributed by atoms with Crippen molar-refractivity contribution in [1.29, 1.82) is 0 Å². The van der Waals surface area contributed by atoms with Gasteiger partial charge in [0.05, 0.1) is 21.4 Å². The van der Waals surface area contributed by atoms with E-state index < -0.39 is 0 Å². The highest BCUT2D eigenvalue weighted by atomic mass is 79.9. The Bertz CT molecular complexity index is 842. The summed E-state index contributed by atoms with van der Waals surface area (Å²) in [7, 11) is 3.59. The molecule has 0 fully saturated rings. The Morgan fingerprint density at radius 3 is 2.68 bits per heavy atom. The van der Waals surface area contributed by atoms with Gasteiger partial charge < -0.3 is 4.42 Å². The lowest BCUT2D eigenvalue weighted by atomic mass is 10.1. The first-order chi connectivity index (χ1) is 8.99. The maximum Gasteiger partial charge on any atom is 0.419 e. The predicted octanol–water partition coefficient (Wildman–Crippen LogP) is 2.60. The summed E-state index contributed by atoms with van der Waals surface area (Å²) in [5.74, 6) is -0.354. The van der Waals surface area contributed by atoms with Crippen molar-refractivity contribution in [3.8, 4) is 11.3 Å². The fourth-order valence-electron chi connectivity index (χ4n) is 2.22. The monoisotopic (exact) mass is 321 g/mol. The van der Waals surface area contributed by atoms with Crippen LogP contribution in [0.25, 0.3) is 22.4 Å². The standard InChI is InChI=1S/C13H12BrN3O2/c1-7-11(14)12(17(3)15-7)8-4-5-10-9(6-8)16(2)13(18)19-10/h4-6H,1-3H3. The molecule has 0 aliphatic rings. The Balaban J connectivity index is 2.31. The number of rotatable bonds is 1. The molecule has 0 bridgehead atoms. The molecule has 2 heterocycles. The number of oxazole rings is 1. The summed E-state index contributed by atoms with van der Waals surface area (Å²) in [6.45, 7) is 1.94. The second-order valence-corrected chi connectivity index (χ2v) is 5.27. The molecule has 19 heavy (non-hydrogen) atoms. The van der Waals surface area contributed by atoms with Gasteiger partial charge in [0.25, 0.3) is 0 Å². The van der Waals surface area contributed by atoms with Gasteiger partial charge in [0.2, 0.25) is 0 Å². The molecule has 0 amide bonds. The van der Waals surface area contributed by atoms with Crippen LogP contribution < -0.4 is 5.76 Å². The molecule has 0 unspecified atom stereocenters. The average molecular weight is 322 g/mol. The third-order valence-electron chi connectivity index (χ3n) is 3.21. The van der Waals surface area contributed by atoms with Crippen LogP contribution in [0.1, 0.15) is 5.69 Å². The zero-order valence-corrected chi connectivity index (χ0v) is 12.4. The molecule has 3 aromatic rings. The Morgan fingerprint density at radius 2 is 2.05 bits per heavy atom. The number of hydrogen-bond acceptors (Lipinski definition) is 3. The highest BCUT2D eigenvalue weighted by Crippen LogP contribution is 2.31. The normalized spacial score (nSPS) is 11.4. The number of halogens is 1. The molecule has 5 nitrogen and oxygen atoms in total. The molecule has 2 aromatic heterocycles. The zero-order valence-electron chi connectivity index (χ0n) is 10.8. The van der Waals surface area contributed by atoms with Crippen molar-refractivity contribution in [1.82, 2.24) is 14.3 Å². The van der Waals surface area contributed by atoms with Gasteiger partial charge in [0.1, 0.15) is 0 Å². The van der Waals surface area contributed by atoms with E-state index in [4.69, 9.17) is 4.42 Å². The van der Waals surface area contributed by atoms with Crippen LogP contribution in [0.3, 0.4) is 0 Å². The van der Waals surface area contributed by atoms with E-state index >= 15 is 0 Å². The maximum atomic E-state index is 11.5. The highest BCUT2D eigenvalue weighted by Gasteiger charge is 2.14. The topological polar surface area (TPSA) is 53.0 Å². The summed E-state index contributed by atoms with van der Waals surface area (Å²) in [4.78, 5) is 11.5. The van der Waals surface area contributed by atoms with Crippen molar-refractivity contribution in [3.63, 3.8) is 0 Å². The average Bonchev–Trinajstić information content (AvgIpc) is 2.78. The van der Waals surface area contributed by atoms with E-state index in [9.17, 15) is 4.79 Å². The van der Waals surface area contributed by atoms with Crippen molar-refractivity contribution in [3.05, 3.63) is 38.9 Å². The molecule has 1 aromatic carbocycles. The van der Waals surface area contributed by atoms with Gasteiger partial charge in [0.15, 0.2) is 5.58 Å².